The Morgan fingerprint density at radius 3 is 2.89 bits per heavy atom. The van der Waals surface area contributed by atoms with Gasteiger partial charge in [0.15, 0.2) is 5.96 Å². The van der Waals surface area contributed by atoms with Crippen LogP contribution in [0.4, 0.5) is 0 Å². The maximum atomic E-state index is 4.62. The topological polar surface area (TPSA) is 53.7 Å². The Bertz CT molecular complexity index is 561. The molecule has 104 valence electrons. The Hall–Kier alpha value is -1.31. The van der Waals surface area contributed by atoms with E-state index in [1.54, 1.807) is 7.05 Å². The van der Waals surface area contributed by atoms with Gasteiger partial charge in [-0.1, -0.05) is 6.07 Å². The quantitative estimate of drug-likeness (QED) is 0.488. The lowest BCUT2D eigenvalue weighted by Gasteiger charge is -2.06. The molecule has 0 aromatic carbocycles. The molecule has 0 saturated heterocycles. The van der Waals surface area contributed by atoms with Gasteiger partial charge < -0.3 is 15.0 Å². The van der Waals surface area contributed by atoms with Gasteiger partial charge in [0, 0.05) is 39.5 Å². The van der Waals surface area contributed by atoms with E-state index in [1.807, 2.05) is 19.3 Å². The highest BCUT2D eigenvalue weighted by Gasteiger charge is 2.03. The molecule has 0 aliphatic heterocycles. The predicted octanol–water partition coefficient (Wildman–Crippen LogP) is 1.60. The molecule has 0 spiro atoms. The number of rotatable bonds is 3. The molecule has 0 fully saturated rings. The van der Waals surface area contributed by atoms with E-state index < -0.39 is 0 Å². The fraction of sp³-hybridized carbons (Fsp3) is 0.385. The van der Waals surface area contributed by atoms with Crippen LogP contribution >= 0.6 is 24.0 Å². The summed E-state index contributed by atoms with van der Waals surface area (Å²) < 4.78 is 2.07. The van der Waals surface area contributed by atoms with E-state index in [0.717, 1.165) is 30.3 Å². The summed E-state index contributed by atoms with van der Waals surface area (Å²) in [5.41, 5.74) is 3.32. The van der Waals surface area contributed by atoms with E-state index >= 15 is 0 Å². The smallest absolute Gasteiger partial charge is 0.190 e. The molecule has 0 aliphatic rings. The van der Waals surface area contributed by atoms with Gasteiger partial charge in [-0.3, -0.25) is 4.99 Å². The number of nitrogens with zero attached hydrogens (tertiary/aromatic N) is 3. The average molecular weight is 373 g/mol. The largest absolute Gasteiger partial charge is 0.359 e. The molecule has 0 bridgehead atoms. The number of aryl methyl sites for hydroxylation is 1. The van der Waals surface area contributed by atoms with Crippen molar-refractivity contribution in [3.05, 3.63) is 35.8 Å². The van der Waals surface area contributed by atoms with Crippen molar-refractivity contribution in [2.75, 3.05) is 20.6 Å². The first kappa shape index (κ1) is 15.7. The summed E-state index contributed by atoms with van der Waals surface area (Å²) in [6.07, 6.45) is 4.98. The molecule has 0 saturated carbocycles. The van der Waals surface area contributed by atoms with Crippen LogP contribution in [0.5, 0.6) is 0 Å². The maximum Gasteiger partial charge on any atom is 0.190 e. The maximum absolute atomic E-state index is 4.62. The summed E-state index contributed by atoms with van der Waals surface area (Å²) in [5.74, 6) is 0.801. The molecule has 0 atom stereocenters. The number of hydrogen-bond acceptors (Lipinski definition) is 2. The van der Waals surface area contributed by atoms with Crippen molar-refractivity contribution in [1.82, 2.24) is 20.0 Å². The standard InChI is InChI=1S/C13H19N5.HI/c1-10-5-4-8-18-9-11(17-12(10)18)6-7-16-13(14-2)15-3;/h4-5,8-9H,6-7H2,1-3H3,(H2,14,15,16);1H. The third-order valence-corrected chi connectivity index (χ3v) is 2.86. The zero-order valence-corrected chi connectivity index (χ0v) is 13.8. The number of halogens is 1. The third kappa shape index (κ3) is 3.82. The van der Waals surface area contributed by atoms with Crippen molar-refractivity contribution in [2.45, 2.75) is 13.3 Å². The number of fused-ring (bicyclic) bond motifs is 1. The molecular weight excluding hydrogens is 353 g/mol. The Balaban J connectivity index is 0.00000180. The molecule has 0 radical (unpaired) electrons. The lowest BCUT2D eigenvalue weighted by molar-refractivity contribution is 0.821. The van der Waals surface area contributed by atoms with Crippen LogP contribution < -0.4 is 10.6 Å². The van der Waals surface area contributed by atoms with Crippen LogP contribution in [0.15, 0.2) is 29.5 Å². The number of hydrogen-bond donors (Lipinski definition) is 2. The van der Waals surface area contributed by atoms with E-state index in [0.29, 0.717) is 0 Å². The van der Waals surface area contributed by atoms with Crippen molar-refractivity contribution >= 4 is 35.6 Å². The first-order valence-corrected chi connectivity index (χ1v) is 6.06. The fourth-order valence-electron chi connectivity index (χ4n) is 1.91. The predicted molar refractivity (Wildman–Crippen MR) is 89.5 cm³/mol. The van der Waals surface area contributed by atoms with Crippen LogP contribution in [0.1, 0.15) is 11.3 Å². The first-order chi connectivity index (χ1) is 8.74. The Kier molecular flexibility index (Phi) is 6.07. The normalized spacial score (nSPS) is 11.2. The lowest BCUT2D eigenvalue weighted by atomic mass is 10.3. The highest BCUT2D eigenvalue weighted by Crippen LogP contribution is 2.09. The minimum absolute atomic E-state index is 0. The highest BCUT2D eigenvalue weighted by molar-refractivity contribution is 14.0. The summed E-state index contributed by atoms with van der Waals surface area (Å²) >= 11 is 0. The molecule has 2 rings (SSSR count). The van der Waals surface area contributed by atoms with Gasteiger partial charge in [0.2, 0.25) is 0 Å². The number of guanidine groups is 1. The van der Waals surface area contributed by atoms with Crippen molar-refractivity contribution in [1.29, 1.82) is 0 Å². The van der Waals surface area contributed by atoms with Gasteiger partial charge in [0.05, 0.1) is 5.69 Å². The van der Waals surface area contributed by atoms with E-state index in [-0.39, 0.29) is 24.0 Å². The molecule has 0 unspecified atom stereocenters. The highest BCUT2D eigenvalue weighted by atomic mass is 127. The number of aromatic nitrogens is 2. The zero-order chi connectivity index (χ0) is 13.0. The van der Waals surface area contributed by atoms with Gasteiger partial charge in [0.25, 0.3) is 0 Å². The van der Waals surface area contributed by atoms with Crippen LogP contribution in [0, 0.1) is 6.92 Å². The molecule has 6 heteroatoms. The monoisotopic (exact) mass is 373 g/mol. The van der Waals surface area contributed by atoms with Crippen LogP contribution in [0.2, 0.25) is 0 Å². The Morgan fingerprint density at radius 2 is 2.26 bits per heavy atom. The first-order valence-electron chi connectivity index (χ1n) is 6.06. The molecule has 2 N–H and O–H groups in total. The van der Waals surface area contributed by atoms with Crippen molar-refractivity contribution in [3.63, 3.8) is 0 Å². The number of aliphatic imine (C=N–C) groups is 1. The molecule has 0 aliphatic carbocycles. The van der Waals surface area contributed by atoms with Crippen LogP contribution in [-0.4, -0.2) is 36.0 Å². The van der Waals surface area contributed by atoms with E-state index in [2.05, 4.69) is 44.2 Å². The van der Waals surface area contributed by atoms with E-state index in [1.165, 1.54) is 5.56 Å². The van der Waals surface area contributed by atoms with Gasteiger partial charge in [-0.2, -0.15) is 0 Å². The average Bonchev–Trinajstić information content (AvgIpc) is 2.79. The van der Waals surface area contributed by atoms with Gasteiger partial charge in [0.1, 0.15) is 5.65 Å². The summed E-state index contributed by atoms with van der Waals surface area (Å²) in [5, 5.41) is 6.20. The number of pyridine rings is 1. The molecule has 5 nitrogen and oxygen atoms in total. The minimum atomic E-state index is 0. The lowest BCUT2D eigenvalue weighted by Crippen LogP contribution is -2.35. The molecule has 2 aromatic rings. The van der Waals surface area contributed by atoms with E-state index in [9.17, 15) is 0 Å². The second-order valence-corrected chi connectivity index (χ2v) is 4.15. The summed E-state index contributed by atoms with van der Waals surface area (Å²) in [6, 6.07) is 4.11. The molecular formula is C13H20IN5. The number of imidazole rings is 1. The number of nitrogens with one attached hydrogen (secondary N) is 2. The molecule has 0 amide bonds. The molecule has 2 heterocycles. The van der Waals surface area contributed by atoms with Gasteiger partial charge in [-0.15, -0.1) is 24.0 Å². The minimum Gasteiger partial charge on any atom is -0.359 e. The van der Waals surface area contributed by atoms with Crippen LogP contribution in [-0.2, 0) is 6.42 Å². The third-order valence-electron chi connectivity index (χ3n) is 2.86. The molecule has 2 aromatic heterocycles. The van der Waals surface area contributed by atoms with Crippen molar-refractivity contribution < 1.29 is 0 Å². The molecule has 19 heavy (non-hydrogen) atoms. The fourth-order valence-corrected chi connectivity index (χ4v) is 1.91. The van der Waals surface area contributed by atoms with Gasteiger partial charge >= 0.3 is 0 Å². The van der Waals surface area contributed by atoms with Gasteiger partial charge in [-0.05, 0) is 18.6 Å². The summed E-state index contributed by atoms with van der Waals surface area (Å²) in [7, 11) is 3.61. The summed E-state index contributed by atoms with van der Waals surface area (Å²) in [4.78, 5) is 8.69. The zero-order valence-electron chi connectivity index (χ0n) is 11.5. The van der Waals surface area contributed by atoms with E-state index in [4.69, 9.17) is 0 Å². The van der Waals surface area contributed by atoms with Crippen LogP contribution in [0.3, 0.4) is 0 Å². The van der Waals surface area contributed by atoms with Crippen molar-refractivity contribution in [3.8, 4) is 0 Å². The Labute approximate surface area is 130 Å². The Morgan fingerprint density at radius 1 is 1.47 bits per heavy atom. The second kappa shape index (κ2) is 7.32. The SMILES string of the molecule is CN=C(NC)NCCc1cn2cccc(C)c2n1.I. The van der Waals surface area contributed by atoms with Gasteiger partial charge in [-0.25, -0.2) is 4.98 Å². The summed E-state index contributed by atoms with van der Waals surface area (Å²) in [6.45, 7) is 2.89. The van der Waals surface area contributed by atoms with Crippen LogP contribution in [0.25, 0.3) is 5.65 Å². The second-order valence-electron chi connectivity index (χ2n) is 4.15. The van der Waals surface area contributed by atoms with Crippen molar-refractivity contribution in [2.24, 2.45) is 4.99 Å².